The molecule has 0 saturated carbocycles. The highest BCUT2D eigenvalue weighted by molar-refractivity contribution is 6.30. The molecular weight excluding hydrogens is 424 g/mol. The van der Waals surface area contributed by atoms with Crippen LogP contribution >= 0.6 is 11.6 Å². The number of hydrogen-bond acceptors (Lipinski definition) is 3. The van der Waals surface area contributed by atoms with Crippen LogP contribution in [0.3, 0.4) is 0 Å². The van der Waals surface area contributed by atoms with Crippen LogP contribution < -0.4 is 10.9 Å². The number of nitrogens with one attached hydrogen (secondary N) is 2. The number of halogens is 1. The fraction of sp³-hybridized carbons (Fsp3) is 0.160. The fourth-order valence-electron chi connectivity index (χ4n) is 3.54. The van der Waals surface area contributed by atoms with Crippen molar-refractivity contribution in [2.45, 2.75) is 26.9 Å². The first-order chi connectivity index (χ1) is 15.4. The van der Waals surface area contributed by atoms with Crippen molar-refractivity contribution >= 4 is 34.2 Å². The van der Waals surface area contributed by atoms with Gasteiger partial charge in [-0.2, -0.15) is 0 Å². The highest BCUT2D eigenvalue weighted by Crippen LogP contribution is 2.20. The van der Waals surface area contributed by atoms with E-state index in [4.69, 9.17) is 11.6 Å². The summed E-state index contributed by atoms with van der Waals surface area (Å²) >= 11 is 5.94. The number of urea groups is 1. The van der Waals surface area contributed by atoms with Gasteiger partial charge in [-0.3, -0.25) is 9.78 Å². The van der Waals surface area contributed by atoms with Crippen LogP contribution in [-0.2, 0) is 13.1 Å². The maximum Gasteiger partial charge on any atom is 0.322 e. The van der Waals surface area contributed by atoms with Crippen LogP contribution in [0.15, 0.2) is 71.8 Å². The molecule has 0 aliphatic rings. The van der Waals surface area contributed by atoms with Crippen molar-refractivity contribution in [1.82, 2.24) is 14.9 Å². The van der Waals surface area contributed by atoms with E-state index in [9.17, 15) is 9.59 Å². The molecule has 0 atom stereocenters. The second-order valence-corrected chi connectivity index (χ2v) is 8.19. The summed E-state index contributed by atoms with van der Waals surface area (Å²) in [7, 11) is 0. The van der Waals surface area contributed by atoms with E-state index >= 15 is 0 Å². The van der Waals surface area contributed by atoms with Gasteiger partial charge in [-0.15, -0.1) is 0 Å². The normalized spacial score (nSPS) is 10.8. The van der Waals surface area contributed by atoms with Crippen molar-refractivity contribution in [2.24, 2.45) is 0 Å². The molecule has 162 valence electrons. The number of fused-ring (bicyclic) bond motifs is 1. The van der Waals surface area contributed by atoms with Gasteiger partial charge in [0.2, 0.25) is 0 Å². The van der Waals surface area contributed by atoms with Crippen molar-refractivity contribution in [3.05, 3.63) is 105 Å². The van der Waals surface area contributed by atoms with Gasteiger partial charge >= 0.3 is 6.03 Å². The number of hydrogen-bond donors (Lipinski definition) is 2. The Balaban J connectivity index is 1.66. The number of aryl methyl sites for hydroxylation is 2. The zero-order valence-corrected chi connectivity index (χ0v) is 18.6. The van der Waals surface area contributed by atoms with E-state index in [-0.39, 0.29) is 18.1 Å². The van der Waals surface area contributed by atoms with Gasteiger partial charge in [-0.25, -0.2) is 4.79 Å². The van der Waals surface area contributed by atoms with E-state index < -0.39 is 0 Å². The van der Waals surface area contributed by atoms with Crippen molar-refractivity contribution in [2.75, 3.05) is 5.32 Å². The molecule has 6 nitrogen and oxygen atoms in total. The van der Waals surface area contributed by atoms with Gasteiger partial charge in [-0.05, 0) is 72.3 Å². The number of benzene rings is 2. The van der Waals surface area contributed by atoms with Crippen LogP contribution in [0.25, 0.3) is 10.9 Å². The molecular formula is C25H23ClN4O2. The third kappa shape index (κ3) is 4.81. The summed E-state index contributed by atoms with van der Waals surface area (Å²) in [5, 5.41) is 4.40. The molecule has 0 aliphatic heterocycles. The summed E-state index contributed by atoms with van der Waals surface area (Å²) in [4.78, 5) is 34.7. The van der Waals surface area contributed by atoms with Gasteiger partial charge in [0, 0.05) is 35.2 Å². The minimum Gasteiger partial charge on any atom is -0.321 e. The number of aromatic amines is 1. The average Bonchev–Trinajstić information content (AvgIpc) is 2.79. The lowest BCUT2D eigenvalue weighted by Gasteiger charge is -2.23. The number of pyridine rings is 2. The zero-order chi connectivity index (χ0) is 22.7. The van der Waals surface area contributed by atoms with Crippen molar-refractivity contribution in [3.8, 4) is 0 Å². The van der Waals surface area contributed by atoms with E-state index in [1.807, 2.05) is 44.2 Å². The predicted octanol–water partition coefficient (Wildman–Crippen LogP) is 5.43. The first-order valence-corrected chi connectivity index (χ1v) is 10.6. The molecule has 2 amide bonds. The molecule has 0 saturated heterocycles. The quantitative estimate of drug-likeness (QED) is 0.429. The van der Waals surface area contributed by atoms with Gasteiger partial charge in [-0.1, -0.05) is 29.8 Å². The van der Waals surface area contributed by atoms with E-state index in [0.717, 1.165) is 27.6 Å². The Hall–Kier alpha value is -3.64. The Morgan fingerprint density at radius 2 is 1.88 bits per heavy atom. The van der Waals surface area contributed by atoms with E-state index in [0.29, 0.717) is 22.8 Å². The number of carbonyl (C=O) groups excluding carboxylic acids is 1. The van der Waals surface area contributed by atoms with Gasteiger partial charge in [0.1, 0.15) is 0 Å². The summed E-state index contributed by atoms with van der Waals surface area (Å²) in [6, 6.07) is 16.1. The topological polar surface area (TPSA) is 78.1 Å². The molecule has 0 aliphatic carbocycles. The monoisotopic (exact) mass is 446 g/mol. The number of aromatic nitrogens is 2. The molecule has 0 bridgehead atoms. The van der Waals surface area contributed by atoms with Crippen LogP contribution in [0.2, 0.25) is 5.02 Å². The fourth-order valence-corrected chi connectivity index (χ4v) is 3.67. The van der Waals surface area contributed by atoms with Gasteiger partial charge in [0.15, 0.2) is 0 Å². The molecule has 32 heavy (non-hydrogen) atoms. The minimum atomic E-state index is -0.323. The lowest BCUT2D eigenvalue weighted by molar-refractivity contribution is 0.206. The SMILES string of the molecule is Cc1ccc2cc(CN(Cc3cccnc3)C(=O)Nc3ccc(Cl)cc3)c(=O)[nH]c2c1C. The first kappa shape index (κ1) is 21.6. The standard InChI is InChI=1S/C25H23ClN4O2/c1-16-5-6-19-12-20(24(31)29-23(19)17(16)2)15-30(14-18-4-3-11-27-13-18)25(32)28-22-9-7-21(26)8-10-22/h3-13H,14-15H2,1-2H3,(H,28,32)(H,29,31). The highest BCUT2D eigenvalue weighted by Gasteiger charge is 2.18. The molecule has 2 aromatic heterocycles. The summed E-state index contributed by atoms with van der Waals surface area (Å²) in [5.41, 5.74) is 4.76. The molecule has 4 aromatic rings. The molecule has 7 heteroatoms. The van der Waals surface area contributed by atoms with Crippen LogP contribution in [0.4, 0.5) is 10.5 Å². The Labute approximate surface area is 190 Å². The Kier molecular flexibility index (Phi) is 6.23. The maximum absolute atomic E-state index is 13.1. The summed E-state index contributed by atoms with van der Waals surface area (Å²) in [6.07, 6.45) is 3.39. The van der Waals surface area contributed by atoms with Crippen molar-refractivity contribution in [1.29, 1.82) is 0 Å². The van der Waals surface area contributed by atoms with Crippen molar-refractivity contribution < 1.29 is 4.79 Å². The average molecular weight is 447 g/mol. The molecule has 2 heterocycles. The number of nitrogens with zero attached hydrogens (tertiary/aromatic N) is 2. The summed E-state index contributed by atoms with van der Waals surface area (Å²) in [6.45, 7) is 4.45. The third-order valence-corrected chi connectivity index (χ3v) is 5.72. The van der Waals surface area contributed by atoms with Crippen molar-refractivity contribution in [3.63, 3.8) is 0 Å². The highest BCUT2D eigenvalue weighted by atomic mass is 35.5. The van der Waals surface area contributed by atoms with Gasteiger partial charge in [0.05, 0.1) is 12.1 Å². The van der Waals surface area contributed by atoms with Crippen LogP contribution in [0.5, 0.6) is 0 Å². The molecule has 0 unspecified atom stereocenters. The smallest absolute Gasteiger partial charge is 0.321 e. The Bertz CT molecular complexity index is 1320. The molecule has 0 radical (unpaired) electrons. The molecule has 4 rings (SSSR count). The second-order valence-electron chi connectivity index (χ2n) is 7.75. The number of amides is 2. The first-order valence-electron chi connectivity index (χ1n) is 10.2. The zero-order valence-electron chi connectivity index (χ0n) is 17.9. The van der Waals surface area contributed by atoms with E-state index in [1.165, 1.54) is 0 Å². The minimum absolute atomic E-state index is 0.145. The molecule has 0 spiro atoms. The lowest BCUT2D eigenvalue weighted by Crippen LogP contribution is -2.35. The maximum atomic E-state index is 13.1. The molecule has 2 N–H and O–H groups in total. The number of carbonyl (C=O) groups is 1. The van der Waals surface area contributed by atoms with Crippen LogP contribution in [0.1, 0.15) is 22.3 Å². The number of anilines is 1. The summed E-state index contributed by atoms with van der Waals surface area (Å²) in [5.74, 6) is 0. The number of H-pyrrole nitrogens is 1. The Morgan fingerprint density at radius 1 is 1.09 bits per heavy atom. The third-order valence-electron chi connectivity index (χ3n) is 5.47. The van der Waals surface area contributed by atoms with Gasteiger partial charge in [0.25, 0.3) is 5.56 Å². The number of rotatable bonds is 5. The van der Waals surface area contributed by atoms with E-state index in [1.54, 1.807) is 41.6 Å². The lowest BCUT2D eigenvalue weighted by atomic mass is 10.0. The summed E-state index contributed by atoms with van der Waals surface area (Å²) < 4.78 is 0. The second kappa shape index (κ2) is 9.24. The largest absolute Gasteiger partial charge is 0.322 e. The molecule has 0 fully saturated rings. The van der Waals surface area contributed by atoms with Crippen LogP contribution in [-0.4, -0.2) is 20.9 Å². The van der Waals surface area contributed by atoms with Gasteiger partial charge < -0.3 is 15.2 Å². The van der Waals surface area contributed by atoms with E-state index in [2.05, 4.69) is 15.3 Å². The predicted molar refractivity (Wildman–Crippen MR) is 128 cm³/mol. The Morgan fingerprint density at radius 3 is 2.59 bits per heavy atom. The molecule has 2 aromatic carbocycles. The van der Waals surface area contributed by atoms with Crippen LogP contribution in [0, 0.1) is 13.8 Å².